The molecule has 0 aliphatic heterocycles. The molecule has 0 aliphatic rings. The van der Waals surface area contributed by atoms with Crippen LogP contribution in [0, 0.1) is 10.1 Å². The third-order valence-corrected chi connectivity index (χ3v) is 3.50. The van der Waals surface area contributed by atoms with Crippen LogP contribution in [0.15, 0.2) is 18.2 Å². The maximum atomic E-state index is 12.1. The van der Waals surface area contributed by atoms with E-state index < -0.39 is 10.8 Å². The van der Waals surface area contributed by atoms with Gasteiger partial charge in [-0.25, -0.2) is 0 Å². The summed E-state index contributed by atoms with van der Waals surface area (Å²) in [5.41, 5.74) is -0.226. The number of non-ortho nitro benzene ring substituents is 1. The average Bonchev–Trinajstić information content (AvgIpc) is 2.86. The quantitative estimate of drug-likeness (QED) is 0.667. The van der Waals surface area contributed by atoms with E-state index in [1.54, 1.807) is 0 Å². The minimum Gasteiger partial charge on any atom is -0.377 e. The van der Waals surface area contributed by atoms with Gasteiger partial charge in [0.05, 0.1) is 15.5 Å². The van der Waals surface area contributed by atoms with Crippen LogP contribution in [0.3, 0.4) is 0 Å². The van der Waals surface area contributed by atoms with Gasteiger partial charge < -0.3 is 4.74 Å². The SMILES string of the molecule is COCc1nnc(NC(=O)c2cc([N+](=O)[O-])ccc2Cl)s1. The number of halogens is 1. The molecule has 0 unspecified atom stereocenters. The Balaban J connectivity index is 2.19. The van der Waals surface area contributed by atoms with Gasteiger partial charge >= 0.3 is 0 Å². The number of rotatable bonds is 5. The largest absolute Gasteiger partial charge is 0.377 e. The number of anilines is 1. The van der Waals surface area contributed by atoms with Crippen molar-refractivity contribution in [3.8, 4) is 0 Å². The molecule has 10 heteroatoms. The number of hydrogen-bond donors (Lipinski definition) is 1. The van der Waals surface area contributed by atoms with Crippen molar-refractivity contribution < 1.29 is 14.5 Å². The molecule has 8 nitrogen and oxygen atoms in total. The summed E-state index contributed by atoms with van der Waals surface area (Å²) in [7, 11) is 1.52. The van der Waals surface area contributed by atoms with Gasteiger partial charge in [0.1, 0.15) is 11.6 Å². The highest BCUT2D eigenvalue weighted by Gasteiger charge is 2.17. The number of nitrogens with one attached hydrogen (secondary N) is 1. The van der Waals surface area contributed by atoms with Gasteiger partial charge in [-0.2, -0.15) is 0 Å². The van der Waals surface area contributed by atoms with Crippen molar-refractivity contribution in [3.63, 3.8) is 0 Å². The smallest absolute Gasteiger partial charge is 0.270 e. The molecule has 1 N–H and O–H groups in total. The molecule has 0 aliphatic carbocycles. The fourth-order valence-corrected chi connectivity index (χ4v) is 2.36. The van der Waals surface area contributed by atoms with Crippen molar-refractivity contribution in [3.05, 3.63) is 43.9 Å². The molecule has 2 rings (SSSR count). The van der Waals surface area contributed by atoms with Crippen molar-refractivity contribution >= 4 is 39.7 Å². The summed E-state index contributed by atoms with van der Waals surface area (Å²) < 4.78 is 4.89. The van der Waals surface area contributed by atoms with Crippen LogP contribution in [0.4, 0.5) is 10.8 Å². The monoisotopic (exact) mass is 328 g/mol. The van der Waals surface area contributed by atoms with E-state index in [0.29, 0.717) is 5.01 Å². The molecular formula is C11H9ClN4O4S. The molecule has 0 saturated heterocycles. The number of benzene rings is 1. The fourth-order valence-electron chi connectivity index (χ4n) is 1.45. The number of nitro groups is 1. The Kier molecular flexibility index (Phi) is 4.78. The number of amides is 1. The first-order valence-corrected chi connectivity index (χ1v) is 6.77. The van der Waals surface area contributed by atoms with Crippen molar-refractivity contribution in [1.82, 2.24) is 10.2 Å². The van der Waals surface area contributed by atoms with Gasteiger partial charge in [-0.3, -0.25) is 20.2 Å². The van der Waals surface area contributed by atoms with E-state index in [4.69, 9.17) is 16.3 Å². The maximum Gasteiger partial charge on any atom is 0.270 e. The number of carbonyl (C=O) groups is 1. The molecule has 1 heterocycles. The molecule has 1 amide bonds. The highest BCUT2D eigenvalue weighted by Crippen LogP contribution is 2.24. The van der Waals surface area contributed by atoms with Gasteiger partial charge in [-0.15, -0.1) is 10.2 Å². The molecule has 1 aromatic heterocycles. The second kappa shape index (κ2) is 6.57. The molecule has 0 bridgehead atoms. The van der Waals surface area contributed by atoms with Gasteiger partial charge in [-0.1, -0.05) is 22.9 Å². The Hall–Kier alpha value is -2.10. The number of aromatic nitrogens is 2. The molecular weight excluding hydrogens is 320 g/mol. The second-order valence-electron chi connectivity index (χ2n) is 3.81. The average molecular weight is 329 g/mol. The second-order valence-corrected chi connectivity index (χ2v) is 5.28. The van der Waals surface area contributed by atoms with E-state index >= 15 is 0 Å². The summed E-state index contributed by atoms with van der Waals surface area (Å²) in [6, 6.07) is 3.63. The van der Waals surface area contributed by atoms with Crippen LogP contribution in [0.1, 0.15) is 15.4 Å². The first kappa shape index (κ1) is 15.3. The van der Waals surface area contributed by atoms with Gasteiger partial charge in [0.2, 0.25) is 5.13 Å². The molecule has 0 radical (unpaired) electrons. The lowest BCUT2D eigenvalue weighted by atomic mass is 10.2. The van der Waals surface area contributed by atoms with Gasteiger partial charge in [0.25, 0.3) is 11.6 Å². The number of nitrogens with zero attached hydrogens (tertiary/aromatic N) is 3. The topological polar surface area (TPSA) is 107 Å². The third-order valence-electron chi connectivity index (χ3n) is 2.36. The number of methoxy groups -OCH3 is 1. The van der Waals surface area contributed by atoms with Gasteiger partial charge in [0, 0.05) is 19.2 Å². The van der Waals surface area contributed by atoms with E-state index in [0.717, 1.165) is 17.4 Å². The fraction of sp³-hybridized carbons (Fsp3) is 0.182. The van der Waals surface area contributed by atoms with Crippen LogP contribution in [-0.2, 0) is 11.3 Å². The number of hydrogen-bond acceptors (Lipinski definition) is 7. The van der Waals surface area contributed by atoms with Crippen LogP contribution >= 0.6 is 22.9 Å². The molecule has 1 aromatic carbocycles. The minimum atomic E-state index is -0.602. The molecule has 21 heavy (non-hydrogen) atoms. The lowest BCUT2D eigenvalue weighted by Crippen LogP contribution is -2.12. The zero-order valence-corrected chi connectivity index (χ0v) is 12.3. The van der Waals surface area contributed by atoms with E-state index in [2.05, 4.69) is 15.5 Å². The van der Waals surface area contributed by atoms with Gasteiger partial charge in [0.15, 0.2) is 0 Å². The summed E-state index contributed by atoms with van der Waals surface area (Å²) in [6.45, 7) is 0.283. The zero-order valence-electron chi connectivity index (χ0n) is 10.7. The van der Waals surface area contributed by atoms with Crippen LogP contribution in [-0.4, -0.2) is 28.1 Å². The lowest BCUT2D eigenvalue weighted by Gasteiger charge is -2.03. The Bertz CT molecular complexity index is 691. The summed E-state index contributed by atoms with van der Waals surface area (Å²) in [5.74, 6) is -0.594. The van der Waals surface area contributed by atoms with Crippen molar-refractivity contribution in [2.24, 2.45) is 0 Å². The summed E-state index contributed by atoms with van der Waals surface area (Å²) >= 11 is 7.02. The highest BCUT2D eigenvalue weighted by molar-refractivity contribution is 7.15. The zero-order chi connectivity index (χ0) is 15.4. The molecule has 0 fully saturated rings. The van der Waals surface area contributed by atoms with Gasteiger partial charge in [-0.05, 0) is 6.07 Å². The third kappa shape index (κ3) is 3.72. The molecule has 0 spiro atoms. The Morgan fingerprint density at radius 2 is 2.29 bits per heavy atom. The normalized spacial score (nSPS) is 10.4. The molecule has 0 atom stereocenters. The van der Waals surface area contributed by atoms with E-state index in [-0.39, 0.29) is 28.0 Å². The lowest BCUT2D eigenvalue weighted by molar-refractivity contribution is -0.384. The maximum absolute atomic E-state index is 12.1. The molecule has 0 saturated carbocycles. The van der Waals surface area contributed by atoms with E-state index in [1.807, 2.05) is 0 Å². The first-order valence-electron chi connectivity index (χ1n) is 5.58. The predicted octanol–water partition coefficient (Wildman–Crippen LogP) is 2.50. The predicted molar refractivity (Wildman–Crippen MR) is 76.7 cm³/mol. The van der Waals surface area contributed by atoms with Crippen molar-refractivity contribution in [1.29, 1.82) is 0 Å². The molecule has 110 valence electrons. The van der Waals surface area contributed by atoms with E-state index in [1.165, 1.54) is 19.2 Å². The summed E-state index contributed by atoms with van der Waals surface area (Å²) in [6.07, 6.45) is 0. The minimum absolute atomic E-state index is 0.00522. The van der Waals surface area contributed by atoms with Crippen LogP contribution in [0.25, 0.3) is 0 Å². The number of ether oxygens (including phenoxy) is 1. The Morgan fingerprint density at radius 1 is 1.52 bits per heavy atom. The number of nitro benzene ring substituents is 1. The van der Waals surface area contributed by atoms with Crippen molar-refractivity contribution in [2.75, 3.05) is 12.4 Å². The summed E-state index contributed by atoms with van der Waals surface area (Å²) in [5, 5.41) is 21.7. The Labute approximate surface area is 127 Å². The summed E-state index contributed by atoms with van der Waals surface area (Å²) in [4.78, 5) is 22.2. The standard InChI is InChI=1S/C11H9ClN4O4S/c1-20-5-9-14-15-11(21-9)13-10(17)7-4-6(16(18)19)2-3-8(7)12/h2-4H,5H2,1H3,(H,13,15,17). The first-order chi connectivity index (χ1) is 10.0. The number of carbonyl (C=O) groups excluding carboxylic acids is 1. The van der Waals surface area contributed by atoms with Crippen LogP contribution < -0.4 is 5.32 Å². The molecule has 2 aromatic rings. The van der Waals surface area contributed by atoms with Crippen LogP contribution in [0.2, 0.25) is 5.02 Å². The van der Waals surface area contributed by atoms with Crippen LogP contribution in [0.5, 0.6) is 0 Å². The van der Waals surface area contributed by atoms with Crippen molar-refractivity contribution in [2.45, 2.75) is 6.61 Å². The van der Waals surface area contributed by atoms with E-state index in [9.17, 15) is 14.9 Å². The highest BCUT2D eigenvalue weighted by atomic mass is 35.5. The Morgan fingerprint density at radius 3 is 2.95 bits per heavy atom.